The summed E-state index contributed by atoms with van der Waals surface area (Å²) in [4.78, 5) is 21.3. The molecule has 2 atom stereocenters. The largest absolute Gasteiger partial charge is 0.471 e. The Bertz CT molecular complexity index is 952. The van der Waals surface area contributed by atoms with Crippen molar-refractivity contribution in [2.45, 2.75) is 50.9 Å². The van der Waals surface area contributed by atoms with Crippen LogP contribution in [0.25, 0.3) is 0 Å². The molecule has 1 heterocycles. The third-order valence-electron chi connectivity index (χ3n) is 5.23. The minimum absolute atomic E-state index is 0.191. The second-order valence-corrected chi connectivity index (χ2v) is 7.35. The number of amides is 1. The van der Waals surface area contributed by atoms with Gasteiger partial charge in [-0.05, 0) is 31.9 Å². The highest BCUT2D eigenvalue weighted by molar-refractivity contribution is 5.98. The first-order chi connectivity index (χ1) is 14.6. The highest BCUT2D eigenvalue weighted by Crippen LogP contribution is 2.33. The lowest BCUT2D eigenvalue weighted by atomic mass is 9.88. The number of halogens is 5. The van der Waals surface area contributed by atoms with E-state index in [1.165, 1.54) is 0 Å². The molecule has 2 unspecified atom stereocenters. The van der Waals surface area contributed by atoms with E-state index < -0.39 is 35.8 Å². The van der Waals surface area contributed by atoms with E-state index in [0.29, 0.717) is 42.1 Å². The van der Waals surface area contributed by atoms with E-state index in [2.05, 4.69) is 20.6 Å². The molecule has 0 bridgehead atoms. The van der Waals surface area contributed by atoms with Crippen LogP contribution in [-0.2, 0) is 4.79 Å². The number of aromatic nitrogens is 2. The van der Waals surface area contributed by atoms with Gasteiger partial charge in [0.2, 0.25) is 5.95 Å². The van der Waals surface area contributed by atoms with Gasteiger partial charge in [0.1, 0.15) is 5.82 Å². The van der Waals surface area contributed by atoms with Crippen molar-refractivity contribution in [1.82, 2.24) is 9.97 Å². The number of aryl methyl sites for hydroxylation is 1. The van der Waals surface area contributed by atoms with Gasteiger partial charge in [-0.1, -0.05) is 12.8 Å². The van der Waals surface area contributed by atoms with E-state index in [1.54, 1.807) is 20.2 Å². The second-order valence-electron chi connectivity index (χ2n) is 7.35. The Hall–Kier alpha value is -2.98. The van der Waals surface area contributed by atoms with E-state index in [4.69, 9.17) is 0 Å². The quantitative estimate of drug-likeness (QED) is 0.670. The van der Waals surface area contributed by atoms with Crippen molar-refractivity contribution >= 4 is 23.4 Å². The number of hydrogen-bond acceptors (Lipinski definition) is 5. The number of nitrogens with zero attached hydrogens (tertiary/aromatic N) is 3. The standard InChI is InChI=1S/C20H22F5N5O/c1-11-10-27-19(29-17(11)26-2)28-15-5-3-4-6-16(15)30(18(31)20(23,24)25)12-7-8-13(21)14(22)9-12/h7-10,15-16H,3-6H2,1-2H3,(H2,26,27,28,29). The van der Waals surface area contributed by atoms with E-state index >= 15 is 0 Å². The molecule has 1 amide bonds. The summed E-state index contributed by atoms with van der Waals surface area (Å²) in [6, 6.07) is 0.687. The third kappa shape index (κ3) is 5.02. The first-order valence-electron chi connectivity index (χ1n) is 9.75. The molecule has 11 heteroatoms. The Labute approximate surface area is 175 Å². The van der Waals surface area contributed by atoms with Crippen LogP contribution in [0.1, 0.15) is 31.2 Å². The van der Waals surface area contributed by atoms with Crippen molar-refractivity contribution in [1.29, 1.82) is 0 Å². The molecule has 31 heavy (non-hydrogen) atoms. The predicted octanol–water partition coefficient (Wildman–Crippen LogP) is 4.42. The fraction of sp³-hybridized carbons (Fsp3) is 0.450. The lowest BCUT2D eigenvalue weighted by Gasteiger charge is -2.40. The van der Waals surface area contributed by atoms with Crippen LogP contribution >= 0.6 is 0 Å². The average Bonchev–Trinajstić information content (AvgIpc) is 2.72. The van der Waals surface area contributed by atoms with Crippen molar-refractivity contribution in [2.24, 2.45) is 0 Å². The zero-order chi connectivity index (χ0) is 22.8. The van der Waals surface area contributed by atoms with Crippen LogP contribution in [0.2, 0.25) is 0 Å². The molecule has 1 aromatic carbocycles. The molecule has 0 radical (unpaired) electrons. The van der Waals surface area contributed by atoms with E-state index in [1.807, 2.05) is 0 Å². The van der Waals surface area contributed by atoms with Crippen molar-refractivity contribution in [3.05, 3.63) is 41.6 Å². The summed E-state index contributed by atoms with van der Waals surface area (Å²) in [5.74, 6) is -3.95. The number of carbonyl (C=O) groups is 1. The summed E-state index contributed by atoms with van der Waals surface area (Å²) >= 11 is 0. The summed E-state index contributed by atoms with van der Waals surface area (Å²) < 4.78 is 67.4. The van der Waals surface area contributed by atoms with Gasteiger partial charge in [-0.2, -0.15) is 18.2 Å². The highest BCUT2D eigenvalue weighted by atomic mass is 19.4. The first-order valence-corrected chi connectivity index (χ1v) is 9.75. The maximum Gasteiger partial charge on any atom is 0.471 e. The lowest BCUT2D eigenvalue weighted by Crippen LogP contribution is -2.55. The predicted molar refractivity (Wildman–Crippen MR) is 106 cm³/mol. The number of rotatable bonds is 5. The van der Waals surface area contributed by atoms with Gasteiger partial charge >= 0.3 is 12.1 Å². The summed E-state index contributed by atoms with van der Waals surface area (Å²) in [7, 11) is 1.68. The topological polar surface area (TPSA) is 70.2 Å². The van der Waals surface area contributed by atoms with Gasteiger partial charge in [-0.25, -0.2) is 13.8 Å². The van der Waals surface area contributed by atoms with E-state index in [0.717, 1.165) is 11.6 Å². The summed E-state index contributed by atoms with van der Waals surface area (Å²) in [6.45, 7) is 1.80. The average molecular weight is 443 g/mol. The SMILES string of the molecule is CNc1nc(NC2CCCCC2N(C(=O)C(F)(F)F)c2ccc(F)c(F)c2)ncc1C. The Morgan fingerprint density at radius 2 is 1.87 bits per heavy atom. The minimum atomic E-state index is -5.19. The van der Waals surface area contributed by atoms with Crippen molar-refractivity contribution in [2.75, 3.05) is 22.6 Å². The normalized spacial score (nSPS) is 19.1. The van der Waals surface area contributed by atoms with Gasteiger partial charge in [-0.15, -0.1) is 0 Å². The van der Waals surface area contributed by atoms with Gasteiger partial charge in [0.05, 0.1) is 6.04 Å². The maximum atomic E-state index is 13.8. The van der Waals surface area contributed by atoms with Crippen LogP contribution in [0.3, 0.4) is 0 Å². The van der Waals surface area contributed by atoms with Crippen molar-refractivity contribution in [3.63, 3.8) is 0 Å². The van der Waals surface area contributed by atoms with Crippen LogP contribution in [-0.4, -0.2) is 41.2 Å². The molecular formula is C20H22F5N5O. The summed E-state index contributed by atoms with van der Waals surface area (Å²) in [6.07, 6.45) is -1.65. The summed E-state index contributed by atoms with van der Waals surface area (Å²) in [5.41, 5.74) is 0.421. The van der Waals surface area contributed by atoms with E-state index in [-0.39, 0.29) is 18.1 Å². The third-order valence-corrected chi connectivity index (χ3v) is 5.23. The van der Waals surface area contributed by atoms with E-state index in [9.17, 15) is 26.7 Å². The molecule has 1 aliphatic carbocycles. The molecule has 1 aromatic heterocycles. The molecule has 6 nitrogen and oxygen atoms in total. The monoisotopic (exact) mass is 443 g/mol. The second kappa shape index (κ2) is 9.03. The Kier molecular flexibility index (Phi) is 6.61. The molecule has 1 fully saturated rings. The van der Waals surface area contributed by atoms with Crippen molar-refractivity contribution < 1.29 is 26.7 Å². The Balaban J connectivity index is 1.98. The number of benzene rings is 1. The number of carbonyl (C=O) groups excluding carboxylic acids is 1. The number of hydrogen-bond donors (Lipinski definition) is 2. The molecule has 2 aromatic rings. The van der Waals surface area contributed by atoms with Gasteiger partial charge in [-0.3, -0.25) is 9.69 Å². The molecule has 1 aliphatic rings. The molecular weight excluding hydrogens is 421 g/mol. The fourth-order valence-electron chi connectivity index (χ4n) is 3.75. The highest BCUT2D eigenvalue weighted by Gasteiger charge is 2.47. The molecule has 1 saturated carbocycles. The first kappa shape index (κ1) is 22.7. The number of alkyl halides is 3. The minimum Gasteiger partial charge on any atom is -0.373 e. The number of nitrogens with one attached hydrogen (secondary N) is 2. The summed E-state index contributed by atoms with van der Waals surface area (Å²) in [5, 5.41) is 5.92. The van der Waals surface area contributed by atoms with Crippen LogP contribution in [0.15, 0.2) is 24.4 Å². The zero-order valence-corrected chi connectivity index (χ0v) is 16.9. The molecule has 168 valence electrons. The molecule has 0 saturated heterocycles. The van der Waals surface area contributed by atoms with Crippen LogP contribution in [0, 0.1) is 18.6 Å². The van der Waals surface area contributed by atoms with Gasteiger partial charge in [0.25, 0.3) is 0 Å². The van der Waals surface area contributed by atoms with Crippen LogP contribution in [0.5, 0.6) is 0 Å². The van der Waals surface area contributed by atoms with Gasteiger partial charge in [0.15, 0.2) is 11.6 Å². The van der Waals surface area contributed by atoms with Gasteiger partial charge in [0, 0.05) is 36.6 Å². The smallest absolute Gasteiger partial charge is 0.373 e. The molecule has 2 N–H and O–H groups in total. The Morgan fingerprint density at radius 1 is 1.16 bits per heavy atom. The Morgan fingerprint density at radius 3 is 2.52 bits per heavy atom. The molecule has 3 rings (SSSR count). The van der Waals surface area contributed by atoms with Crippen LogP contribution in [0.4, 0.5) is 39.4 Å². The zero-order valence-electron chi connectivity index (χ0n) is 16.9. The number of anilines is 3. The van der Waals surface area contributed by atoms with Gasteiger partial charge < -0.3 is 10.6 Å². The lowest BCUT2D eigenvalue weighted by molar-refractivity contribution is -0.171. The van der Waals surface area contributed by atoms with Crippen molar-refractivity contribution in [3.8, 4) is 0 Å². The molecule has 0 spiro atoms. The maximum absolute atomic E-state index is 13.8. The molecule has 0 aliphatic heterocycles. The van der Waals surface area contributed by atoms with Crippen LogP contribution < -0.4 is 15.5 Å². The fourth-order valence-corrected chi connectivity index (χ4v) is 3.75.